The van der Waals surface area contributed by atoms with E-state index in [1.807, 2.05) is 20.8 Å². The average Bonchev–Trinajstić information content (AvgIpc) is 2.38. The van der Waals surface area contributed by atoms with Gasteiger partial charge in [-0.1, -0.05) is 26.7 Å². The van der Waals surface area contributed by atoms with Crippen LogP contribution >= 0.6 is 0 Å². The van der Waals surface area contributed by atoms with Gasteiger partial charge in [-0.05, 0) is 47.7 Å². The van der Waals surface area contributed by atoms with Crippen LogP contribution in [0.5, 0.6) is 0 Å². The summed E-state index contributed by atoms with van der Waals surface area (Å²) in [6.07, 6.45) is 2.02. The molecule has 0 rings (SSSR count). The average molecular weight is 316 g/mol. The largest absolute Gasteiger partial charge is 0.444 e. The van der Waals surface area contributed by atoms with E-state index in [-0.39, 0.29) is 12.1 Å². The Bertz CT molecular complexity index is 310. The van der Waals surface area contributed by atoms with Gasteiger partial charge in [0.05, 0.1) is 0 Å². The summed E-state index contributed by atoms with van der Waals surface area (Å²) in [5, 5.41) is 6.33. The first-order chi connectivity index (χ1) is 10.1. The molecule has 5 heteroatoms. The fourth-order valence-corrected chi connectivity index (χ4v) is 2.55. The number of alkyl carbamates (subject to hydrolysis) is 1. The number of nitrogens with one attached hydrogen (secondary N) is 2. The Kier molecular flexibility index (Phi) is 9.69. The zero-order valence-electron chi connectivity index (χ0n) is 15.8. The van der Waals surface area contributed by atoms with Gasteiger partial charge >= 0.3 is 6.09 Å². The van der Waals surface area contributed by atoms with E-state index in [9.17, 15) is 4.79 Å². The van der Waals surface area contributed by atoms with Gasteiger partial charge in [-0.25, -0.2) is 4.79 Å². The first kappa shape index (κ1) is 21.2. The Morgan fingerprint density at radius 2 is 1.68 bits per heavy atom. The highest BCUT2D eigenvalue weighted by Crippen LogP contribution is 2.16. The van der Waals surface area contributed by atoms with Crippen LogP contribution in [0.1, 0.15) is 54.4 Å². The van der Waals surface area contributed by atoms with Gasteiger partial charge in [0.1, 0.15) is 5.60 Å². The van der Waals surface area contributed by atoms with E-state index < -0.39 is 5.60 Å². The van der Waals surface area contributed by atoms with Crippen LogP contribution in [0.3, 0.4) is 0 Å². The maximum Gasteiger partial charge on any atom is 0.407 e. The Morgan fingerprint density at radius 3 is 2.09 bits per heavy atom. The van der Waals surface area contributed by atoms with E-state index in [0.29, 0.717) is 18.5 Å². The highest BCUT2D eigenvalue weighted by atomic mass is 16.6. The lowest BCUT2D eigenvalue weighted by atomic mass is 9.93. The molecule has 2 N–H and O–H groups in total. The van der Waals surface area contributed by atoms with Crippen LogP contribution in [0.2, 0.25) is 0 Å². The van der Waals surface area contributed by atoms with Crippen molar-refractivity contribution in [1.82, 2.24) is 15.5 Å². The summed E-state index contributed by atoms with van der Waals surface area (Å²) in [5.74, 6) is 0.688. The van der Waals surface area contributed by atoms with Crippen molar-refractivity contribution in [2.45, 2.75) is 72.1 Å². The van der Waals surface area contributed by atoms with Gasteiger partial charge in [-0.15, -0.1) is 0 Å². The number of carbonyl (C=O) groups is 1. The van der Waals surface area contributed by atoms with Crippen molar-refractivity contribution in [3.05, 3.63) is 0 Å². The van der Waals surface area contributed by atoms with Gasteiger partial charge in [0.15, 0.2) is 0 Å². The molecular formula is C17H37N3O2. The van der Waals surface area contributed by atoms with E-state index in [4.69, 9.17) is 4.74 Å². The predicted octanol–water partition coefficient (Wildman–Crippen LogP) is 2.86. The first-order valence-corrected chi connectivity index (χ1v) is 8.47. The van der Waals surface area contributed by atoms with Crippen LogP contribution in [0, 0.1) is 5.92 Å². The molecule has 0 aliphatic carbocycles. The number of amides is 1. The number of hydrogen-bond donors (Lipinski definition) is 2. The maximum absolute atomic E-state index is 11.6. The minimum absolute atomic E-state index is 0.212. The van der Waals surface area contributed by atoms with Gasteiger partial charge in [0, 0.05) is 25.2 Å². The standard InChI is InChI=1S/C17H37N3O2/c1-9-14(10-2)15(20(7)8)12-18-13(3)11-19-16(21)22-17(4,5)6/h13-15,18H,9-12H2,1-8H3,(H,19,21). The van der Waals surface area contributed by atoms with E-state index in [0.717, 1.165) is 6.54 Å². The second kappa shape index (κ2) is 10.1. The van der Waals surface area contributed by atoms with Crippen LogP contribution in [-0.2, 0) is 4.74 Å². The summed E-state index contributed by atoms with van der Waals surface area (Å²) >= 11 is 0. The number of likely N-dealkylation sites (N-methyl/N-ethyl adjacent to an activating group) is 1. The molecule has 22 heavy (non-hydrogen) atoms. The fourth-order valence-electron chi connectivity index (χ4n) is 2.55. The molecule has 5 nitrogen and oxygen atoms in total. The van der Waals surface area contributed by atoms with E-state index >= 15 is 0 Å². The third kappa shape index (κ3) is 9.26. The quantitative estimate of drug-likeness (QED) is 0.687. The van der Waals surface area contributed by atoms with E-state index in [2.05, 4.69) is 50.4 Å². The summed E-state index contributed by atoms with van der Waals surface area (Å²) in [7, 11) is 4.27. The molecular weight excluding hydrogens is 278 g/mol. The lowest BCUT2D eigenvalue weighted by Crippen LogP contribution is -2.48. The highest BCUT2D eigenvalue weighted by Gasteiger charge is 2.21. The molecule has 0 aliphatic rings. The molecule has 0 heterocycles. The molecule has 0 bridgehead atoms. The topological polar surface area (TPSA) is 53.6 Å². The molecule has 0 fully saturated rings. The molecule has 0 saturated carbocycles. The maximum atomic E-state index is 11.6. The van der Waals surface area contributed by atoms with Crippen molar-refractivity contribution in [2.24, 2.45) is 5.92 Å². The fraction of sp³-hybridized carbons (Fsp3) is 0.941. The molecule has 2 unspecified atom stereocenters. The summed E-state index contributed by atoms with van der Waals surface area (Å²) in [5.41, 5.74) is -0.452. The van der Waals surface area contributed by atoms with Crippen LogP contribution < -0.4 is 10.6 Å². The summed E-state index contributed by atoms with van der Waals surface area (Å²) in [6, 6.07) is 0.725. The number of hydrogen-bond acceptors (Lipinski definition) is 4. The van der Waals surface area contributed by atoms with Crippen LogP contribution in [0.15, 0.2) is 0 Å². The minimum atomic E-state index is -0.452. The van der Waals surface area contributed by atoms with Crippen molar-refractivity contribution < 1.29 is 9.53 Å². The monoisotopic (exact) mass is 315 g/mol. The summed E-state index contributed by atoms with van der Waals surface area (Å²) in [6.45, 7) is 13.7. The van der Waals surface area contributed by atoms with E-state index in [1.165, 1.54) is 12.8 Å². The normalized spacial score (nSPS) is 15.0. The molecule has 0 radical (unpaired) electrons. The second-order valence-electron chi connectivity index (χ2n) is 7.30. The SMILES string of the molecule is CCC(CC)C(CNC(C)CNC(=O)OC(C)(C)C)N(C)C. The lowest BCUT2D eigenvalue weighted by molar-refractivity contribution is 0.0522. The summed E-state index contributed by atoms with van der Waals surface area (Å²) in [4.78, 5) is 13.9. The van der Waals surface area contributed by atoms with Crippen LogP contribution in [0.25, 0.3) is 0 Å². The van der Waals surface area contributed by atoms with Gasteiger partial charge in [-0.3, -0.25) is 0 Å². The molecule has 1 amide bonds. The van der Waals surface area contributed by atoms with Gasteiger partial charge in [0.2, 0.25) is 0 Å². The zero-order valence-corrected chi connectivity index (χ0v) is 15.8. The molecule has 0 aromatic rings. The van der Waals surface area contributed by atoms with Crippen molar-refractivity contribution >= 4 is 6.09 Å². The first-order valence-electron chi connectivity index (χ1n) is 8.47. The minimum Gasteiger partial charge on any atom is -0.444 e. The van der Waals surface area contributed by atoms with Gasteiger partial charge in [0.25, 0.3) is 0 Å². The van der Waals surface area contributed by atoms with Crippen molar-refractivity contribution in [1.29, 1.82) is 0 Å². The molecule has 0 spiro atoms. The Labute approximate surface area is 137 Å². The summed E-state index contributed by atoms with van der Waals surface area (Å²) < 4.78 is 5.24. The third-order valence-corrected chi connectivity index (χ3v) is 3.88. The molecule has 0 aliphatic heterocycles. The molecule has 0 aromatic carbocycles. The van der Waals surface area contributed by atoms with E-state index in [1.54, 1.807) is 0 Å². The third-order valence-electron chi connectivity index (χ3n) is 3.88. The Balaban J connectivity index is 4.19. The lowest BCUT2D eigenvalue weighted by Gasteiger charge is -2.32. The molecule has 0 aromatic heterocycles. The number of nitrogens with zero attached hydrogens (tertiary/aromatic N) is 1. The van der Waals surface area contributed by atoms with Crippen molar-refractivity contribution in [2.75, 3.05) is 27.2 Å². The number of rotatable bonds is 9. The smallest absolute Gasteiger partial charge is 0.407 e. The second-order valence-corrected chi connectivity index (χ2v) is 7.30. The van der Waals surface area contributed by atoms with Gasteiger partial charge < -0.3 is 20.3 Å². The van der Waals surface area contributed by atoms with Crippen LogP contribution in [0.4, 0.5) is 4.79 Å². The predicted molar refractivity (Wildman–Crippen MR) is 93.2 cm³/mol. The molecule has 2 atom stereocenters. The van der Waals surface area contributed by atoms with Crippen molar-refractivity contribution in [3.8, 4) is 0 Å². The zero-order chi connectivity index (χ0) is 17.3. The Morgan fingerprint density at radius 1 is 1.14 bits per heavy atom. The molecule has 0 saturated heterocycles. The Hall–Kier alpha value is -0.810. The molecule has 132 valence electrons. The van der Waals surface area contributed by atoms with Crippen molar-refractivity contribution in [3.63, 3.8) is 0 Å². The number of carbonyl (C=O) groups excluding carboxylic acids is 1. The highest BCUT2D eigenvalue weighted by molar-refractivity contribution is 5.67. The van der Waals surface area contributed by atoms with Gasteiger partial charge in [-0.2, -0.15) is 0 Å². The number of ether oxygens (including phenoxy) is 1. The van der Waals surface area contributed by atoms with Crippen LogP contribution in [-0.4, -0.2) is 55.9 Å².